The second-order valence-corrected chi connectivity index (χ2v) is 5.90. The van der Waals surface area contributed by atoms with Gasteiger partial charge in [-0.1, -0.05) is 52.0 Å². The predicted molar refractivity (Wildman–Crippen MR) is 82.2 cm³/mol. The lowest BCUT2D eigenvalue weighted by Gasteiger charge is -2.20. The first kappa shape index (κ1) is 13.6. The van der Waals surface area contributed by atoms with Crippen molar-refractivity contribution < 1.29 is 0 Å². The molecule has 0 saturated heterocycles. The van der Waals surface area contributed by atoms with Gasteiger partial charge in [0.15, 0.2) is 0 Å². The van der Waals surface area contributed by atoms with Crippen LogP contribution in [-0.4, -0.2) is 4.98 Å². The maximum atomic E-state index is 6.13. The Hall–Kier alpha value is -1.83. The molecule has 0 aliphatic rings. The number of anilines is 1. The van der Waals surface area contributed by atoms with Crippen molar-refractivity contribution in [2.75, 3.05) is 5.73 Å². The minimum atomic E-state index is 0.0314. The van der Waals surface area contributed by atoms with E-state index in [4.69, 9.17) is 10.7 Å². The Labute approximate surface area is 115 Å². The summed E-state index contributed by atoms with van der Waals surface area (Å²) >= 11 is 0. The highest BCUT2D eigenvalue weighted by Gasteiger charge is 2.18. The van der Waals surface area contributed by atoms with Gasteiger partial charge >= 0.3 is 0 Å². The molecule has 0 fully saturated rings. The van der Waals surface area contributed by atoms with Crippen LogP contribution in [0.1, 0.15) is 39.0 Å². The van der Waals surface area contributed by atoms with Crippen molar-refractivity contribution >= 4 is 5.69 Å². The van der Waals surface area contributed by atoms with Gasteiger partial charge in [-0.15, -0.1) is 0 Å². The van der Waals surface area contributed by atoms with Crippen LogP contribution in [0.2, 0.25) is 0 Å². The molecule has 0 amide bonds. The molecule has 2 rings (SSSR count). The first-order valence-corrected chi connectivity index (χ1v) is 6.78. The Balaban J connectivity index is 2.61. The molecule has 0 spiro atoms. The van der Waals surface area contributed by atoms with Crippen LogP contribution in [0.5, 0.6) is 0 Å². The third kappa shape index (κ3) is 2.78. The number of benzene rings is 1. The second kappa shape index (κ2) is 5.04. The molecule has 2 nitrogen and oxygen atoms in total. The predicted octanol–water partition coefficient (Wildman–Crippen LogP) is 4.19. The van der Waals surface area contributed by atoms with Crippen molar-refractivity contribution in [2.45, 2.75) is 39.5 Å². The fourth-order valence-corrected chi connectivity index (χ4v) is 2.16. The summed E-state index contributed by atoms with van der Waals surface area (Å²) in [5, 5.41) is 0. The molecule has 1 aromatic heterocycles. The van der Waals surface area contributed by atoms with Crippen LogP contribution in [-0.2, 0) is 11.8 Å². The zero-order valence-corrected chi connectivity index (χ0v) is 12.2. The lowest BCUT2D eigenvalue weighted by molar-refractivity contribution is 0.570. The fraction of sp³-hybridized carbons (Fsp3) is 0.353. The normalized spacial score (nSPS) is 11.6. The summed E-state index contributed by atoms with van der Waals surface area (Å²) in [6.07, 6.45) is 0.983. The largest absolute Gasteiger partial charge is 0.397 e. The van der Waals surface area contributed by atoms with Crippen LogP contribution in [0.15, 0.2) is 36.4 Å². The molecule has 1 aromatic carbocycles. The highest BCUT2D eigenvalue weighted by atomic mass is 14.8. The molecule has 1 heterocycles. The van der Waals surface area contributed by atoms with Crippen LogP contribution < -0.4 is 5.73 Å². The molecule has 2 aromatic rings. The Morgan fingerprint density at radius 1 is 1.05 bits per heavy atom. The summed E-state index contributed by atoms with van der Waals surface area (Å²) in [5.41, 5.74) is 11.3. The molecule has 0 saturated carbocycles. The van der Waals surface area contributed by atoms with Crippen LogP contribution in [0.25, 0.3) is 11.3 Å². The molecule has 0 aliphatic carbocycles. The van der Waals surface area contributed by atoms with E-state index in [0.717, 1.165) is 29.1 Å². The van der Waals surface area contributed by atoms with Gasteiger partial charge in [0.2, 0.25) is 0 Å². The topological polar surface area (TPSA) is 38.9 Å². The summed E-state index contributed by atoms with van der Waals surface area (Å²) < 4.78 is 0. The van der Waals surface area contributed by atoms with Crippen molar-refractivity contribution in [3.63, 3.8) is 0 Å². The Bertz CT molecular complexity index is 580. The summed E-state index contributed by atoms with van der Waals surface area (Å²) in [5.74, 6) is 0. The zero-order chi connectivity index (χ0) is 14.0. The van der Waals surface area contributed by atoms with E-state index in [9.17, 15) is 0 Å². The first-order valence-electron chi connectivity index (χ1n) is 6.78. The lowest BCUT2D eigenvalue weighted by atomic mass is 9.90. The minimum absolute atomic E-state index is 0.0314. The molecular formula is C17H22N2. The SMILES string of the molecule is CCc1ccccc1-c1nc(C(C)(C)C)ccc1N. The highest BCUT2D eigenvalue weighted by Crippen LogP contribution is 2.30. The maximum Gasteiger partial charge on any atom is 0.0937 e. The lowest BCUT2D eigenvalue weighted by Crippen LogP contribution is -2.14. The number of aryl methyl sites for hydroxylation is 1. The number of nitrogens with two attached hydrogens (primary N) is 1. The molecular weight excluding hydrogens is 232 g/mol. The molecule has 2 N–H and O–H groups in total. The van der Waals surface area contributed by atoms with Gasteiger partial charge < -0.3 is 5.73 Å². The number of nitrogen functional groups attached to an aromatic ring is 1. The molecule has 100 valence electrons. The third-order valence-corrected chi connectivity index (χ3v) is 3.35. The van der Waals surface area contributed by atoms with E-state index in [1.54, 1.807) is 0 Å². The summed E-state index contributed by atoms with van der Waals surface area (Å²) in [6, 6.07) is 12.3. The molecule has 0 bridgehead atoms. The van der Waals surface area contributed by atoms with E-state index < -0.39 is 0 Å². The summed E-state index contributed by atoms with van der Waals surface area (Å²) in [4.78, 5) is 4.80. The zero-order valence-electron chi connectivity index (χ0n) is 12.2. The number of aromatic nitrogens is 1. The van der Waals surface area contributed by atoms with E-state index in [1.165, 1.54) is 5.56 Å². The smallest absolute Gasteiger partial charge is 0.0937 e. The van der Waals surface area contributed by atoms with E-state index in [1.807, 2.05) is 18.2 Å². The van der Waals surface area contributed by atoms with E-state index >= 15 is 0 Å². The number of hydrogen-bond acceptors (Lipinski definition) is 2. The fourth-order valence-electron chi connectivity index (χ4n) is 2.16. The van der Waals surface area contributed by atoms with E-state index in [-0.39, 0.29) is 5.41 Å². The van der Waals surface area contributed by atoms with E-state index in [2.05, 4.69) is 45.9 Å². The third-order valence-electron chi connectivity index (χ3n) is 3.35. The average molecular weight is 254 g/mol. The molecule has 2 heteroatoms. The monoisotopic (exact) mass is 254 g/mol. The number of nitrogens with zero attached hydrogens (tertiary/aromatic N) is 1. The van der Waals surface area contributed by atoms with Crippen molar-refractivity contribution in [3.8, 4) is 11.3 Å². The van der Waals surface area contributed by atoms with Crippen LogP contribution >= 0.6 is 0 Å². The van der Waals surface area contributed by atoms with Crippen molar-refractivity contribution in [1.29, 1.82) is 0 Å². The minimum Gasteiger partial charge on any atom is -0.397 e. The van der Waals surface area contributed by atoms with Crippen molar-refractivity contribution in [2.24, 2.45) is 0 Å². The van der Waals surface area contributed by atoms with Crippen LogP contribution in [0.4, 0.5) is 5.69 Å². The van der Waals surface area contributed by atoms with Crippen molar-refractivity contribution in [3.05, 3.63) is 47.7 Å². The van der Waals surface area contributed by atoms with Gasteiger partial charge in [0.05, 0.1) is 11.4 Å². The number of hydrogen-bond donors (Lipinski definition) is 1. The van der Waals surface area contributed by atoms with Gasteiger partial charge in [0, 0.05) is 16.7 Å². The Kier molecular flexibility index (Phi) is 3.61. The standard InChI is InChI=1S/C17H22N2/c1-5-12-8-6-7-9-13(12)16-14(18)10-11-15(19-16)17(2,3)4/h6-11H,5,18H2,1-4H3. The van der Waals surface area contributed by atoms with Gasteiger partial charge in [-0.3, -0.25) is 4.98 Å². The van der Waals surface area contributed by atoms with Gasteiger partial charge in [0.1, 0.15) is 0 Å². The highest BCUT2D eigenvalue weighted by molar-refractivity contribution is 5.75. The van der Waals surface area contributed by atoms with Crippen LogP contribution in [0.3, 0.4) is 0 Å². The van der Waals surface area contributed by atoms with Gasteiger partial charge in [0.25, 0.3) is 0 Å². The Morgan fingerprint density at radius 2 is 1.74 bits per heavy atom. The van der Waals surface area contributed by atoms with Gasteiger partial charge in [-0.05, 0) is 24.1 Å². The van der Waals surface area contributed by atoms with E-state index in [0.29, 0.717) is 0 Å². The molecule has 0 radical (unpaired) electrons. The molecule has 19 heavy (non-hydrogen) atoms. The first-order chi connectivity index (χ1) is 8.93. The number of pyridine rings is 1. The molecule has 0 unspecified atom stereocenters. The van der Waals surface area contributed by atoms with Gasteiger partial charge in [-0.2, -0.15) is 0 Å². The van der Waals surface area contributed by atoms with Gasteiger partial charge in [-0.25, -0.2) is 0 Å². The maximum absolute atomic E-state index is 6.13. The summed E-state index contributed by atoms with van der Waals surface area (Å²) in [6.45, 7) is 8.66. The summed E-state index contributed by atoms with van der Waals surface area (Å²) in [7, 11) is 0. The quantitative estimate of drug-likeness (QED) is 0.872. The second-order valence-electron chi connectivity index (χ2n) is 5.90. The van der Waals surface area contributed by atoms with Crippen molar-refractivity contribution in [1.82, 2.24) is 4.98 Å². The van der Waals surface area contributed by atoms with Crippen LogP contribution in [0, 0.1) is 0 Å². The Morgan fingerprint density at radius 3 is 2.37 bits per heavy atom. The molecule has 0 atom stereocenters. The number of rotatable bonds is 2. The average Bonchev–Trinajstić information content (AvgIpc) is 2.38. The molecule has 0 aliphatic heterocycles.